The standard InChI is InChI=1S/C33H43N3O4/c1-3-5-18-36(32(38)12-8-9-13-33(39)40-23-28-10-6-7-11-30(28)34)29(22-31(35)37)21-25-15-17-26-19-24(4-2)14-16-27(26)20-25/h6-7,10-11,14-17,19-20,29H,3-5,8-9,12-13,18,21-23,34H2,1-2H3,(H2,35,37)/t29-/m0/s1. The van der Waals surface area contributed by atoms with Crippen LogP contribution in [-0.2, 0) is 38.6 Å². The molecule has 0 aliphatic carbocycles. The van der Waals surface area contributed by atoms with E-state index >= 15 is 0 Å². The number of carbonyl (C=O) groups excluding carboxylic acids is 3. The number of unbranched alkanes of at least 4 members (excludes halogenated alkanes) is 2. The summed E-state index contributed by atoms with van der Waals surface area (Å²) in [6.45, 7) is 4.92. The first-order chi connectivity index (χ1) is 19.3. The summed E-state index contributed by atoms with van der Waals surface area (Å²) in [5.74, 6) is -0.750. The molecule has 0 aromatic heterocycles. The number of aryl methyl sites for hydroxylation is 1. The minimum atomic E-state index is -0.422. The Balaban J connectivity index is 1.59. The maximum Gasteiger partial charge on any atom is 0.306 e. The second-order valence-electron chi connectivity index (χ2n) is 10.4. The van der Waals surface area contributed by atoms with E-state index in [0.29, 0.717) is 37.9 Å². The SMILES string of the molecule is CCCCN(C(=O)CCCCC(=O)OCc1ccccc1N)[C@H](CC(N)=O)Cc1ccc2cc(CC)ccc2c1. The molecule has 0 heterocycles. The van der Waals surface area contributed by atoms with Crippen molar-refractivity contribution in [1.82, 2.24) is 4.90 Å². The molecule has 0 bridgehead atoms. The van der Waals surface area contributed by atoms with Crippen molar-refractivity contribution in [2.45, 2.75) is 84.3 Å². The largest absolute Gasteiger partial charge is 0.461 e. The van der Waals surface area contributed by atoms with Gasteiger partial charge in [0, 0.05) is 43.1 Å². The number of primary amides is 1. The second kappa shape index (κ2) is 15.7. The molecule has 0 saturated carbocycles. The summed E-state index contributed by atoms with van der Waals surface area (Å²) < 4.78 is 5.34. The molecule has 0 unspecified atom stereocenters. The van der Waals surface area contributed by atoms with E-state index in [1.165, 1.54) is 10.9 Å². The number of nitrogens with zero attached hydrogens (tertiary/aromatic N) is 1. The van der Waals surface area contributed by atoms with Crippen LogP contribution in [0.1, 0.15) is 75.5 Å². The molecule has 0 saturated heterocycles. The van der Waals surface area contributed by atoms with Crippen molar-refractivity contribution >= 4 is 34.2 Å². The highest BCUT2D eigenvalue weighted by Crippen LogP contribution is 2.22. The third-order valence-corrected chi connectivity index (χ3v) is 7.26. The van der Waals surface area contributed by atoms with E-state index in [0.717, 1.165) is 35.8 Å². The number of hydrogen-bond donors (Lipinski definition) is 2. The fourth-order valence-electron chi connectivity index (χ4n) is 4.91. The van der Waals surface area contributed by atoms with Gasteiger partial charge in [0.15, 0.2) is 0 Å². The quantitative estimate of drug-likeness (QED) is 0.136. The lowest BCUT2D eigenvalue weighted by atomic mass is 9.97. The maximum absolute atomic E-state index is 13.4. The third kappa shape index (κ3) is 9.40. The third-order valence-electron chi connectivity index (χ3n) is 7.26. The first kappa shape index (κ1) is 30.7. The van der Waals surface area contributed by atoms with Gasteiger partial charge in [-0.05, 0) is 60.1 Å². The fourth-order valence-corrected chi connectivity index (χ4v) is 4.91. The molecule has 0 fully saturated rings. The summed E-state index contributed by atoms with van der Waals surface area (Å²) in [6.07, 6.45) is 5.05. The molecule has 3 aromatic rings. The number of nitrogens with two attached hydrogens (primary N) is 2. The highest BCUT2D eigenvalue weighted by atomic mass is 16.5. The number of anilines is 1. The van der Waals surface area contributed by atoms with Crippen LogP contribution in [0.2, 0.25) is 0 Å². The topological polar surface area (TPSA) is 116 Å². The smallest absolute Gasteiger partial charge is 0.306 e. The van der Waals surface area contributed by atoms with Gasteiger partial charge >= 0.3 is 5.97 Å². The number of carbonyl (C=O) groups is 3. The molecule has 0 aliphatic heterocycles. The highest BCUT2D eigenvalue weighted by Gasteiger charge is 2.25. The second-order valence-corrected chi connectivity index (χ2v) is 10.4. The van der Waals surface area contributed by atoms with Crippen molar-refractivity contribution in [3.8, 4) is 0 Å². The van der Waals surface area contributed by atoms with Gasteiger partial charge in [0.2, 0.25) is 11.8 Å². The Morgan fingerprint density at radius 1 is 0.875 bits per heavy atom. The van der Waals surface area contributed by atoms with E-state index in [2.05, 4.69) is 50.2 Å². The zero-order valence-corrected chi connectivity index (χ0v) is 23.9. The lowest BCUT2D eigenvalue weighted by molar-refractivity contribution is -0.145. The molecule has 7 nitrogen and oxygen atoms in total. The summed E-state index contributed by atoms with van der Waals surface area (Å²) in [4.78, 5) is 39.4. The normalized spacial score (nSPS) is 11.8. The molecule has 7 heteroatoms. The number of rotatable bonds is 16. The van der Waals surface area contributed by atoms with Crippen LogP contribution < -0.4 is 11.5 Å². The van der Waals surface area contributed by atoms with E-state index in [1.54, 1.807) is 6.07 Å². The highest BCUT2D eigenvalue weighted by molar-refractivity contribution is 5.84. The number of nitrogen functional groups attached to an aromatic ring is 1. The predicted molar refractivity (Wildman–Crippen MR) is 160 cm³/mol. The number of ether oxygens (including phenoxy) is 1. The summed E-state index contributed by atoms with van der Waals surface area (Å²) in [5.41, 5.74) is 15.3. The molecule has 4 N–H and O–H groups in total. The van der Waals surface area contributed by atoms with E-state index in [4.69, 9.17) is 16.2 Å². The Morgan fingerprint density at radius 3 is 2.23 bits per heavy atom. The Hall–Kier alpha value is -3.87. The minimum Gasteiger partial charge on any atom is -0.461 e. The van der Waals surface area contributed by atoms with Crippen molar-refractivity contribution in [1.29, 1.82) is 0 Å². The Labute approximate surface area is 237 Å². The molecular formula is C33H43N3O4. The van der Waals surface area contributed by atoms with Gasteiger partial charge in [-0.3, -0.25) is 14.4 Å². The number of fused-ring (bicyclic) bond motifs is 1. The average Bonchev–Trinajstić information content (AvgIpc) is 2.94. The van der Waals surface area contributed by atoms with Gasteiger partial charge < -0.3 is 21.1 Å². The molecule has 3 rings (SSSR count). The zero-order valence-electron chi connectivity index (χ0n) is 23.9. The number of para-hydroxylation sites is 1. The maximum atomic E-state index is 13.4. The van der Waals surface area contributed by atoms with Gasteiger partial charge in [0.05, 0.1) is 0 Å². The van der Waals surface area contributed by atoms with Crippen molar-refractivity contribution in [2.75, 3.05) is 12.3 Å². The number of benzene rings is 3. The van der Waals surface area contributed by atoms with E-state index < -0.39 is 5.91 Å². The fraction of sp³-hybridized carbons (Fsp3) is 0.424. The van der Waals surface area contributed by atoms with Crippen molar-refractivity contribution in [2.24, 2.45) is 5.73 Å². The van der Waals surface area contributed by atoms with Crippen molar-refractivity contribution in [3.05, 3.63) is 77.4 Å². The summed E-state index contributed by atoms with van der Waals surface area (Å²) in [5, 5.41) is 2.32. The van der Waals surface area contributed by atoms with Gasteiger partial charge in [0.1, 0.15) is 6.61 Å². The van der Waals surface area contributed by atoms with Gasteiger partial charge in [-0.2, -0.15) is 0 Å². The van der Waals surface area contributed by atoms with Crippen LogP contribution in [-0.4, -0.2) is 35.3 Å². The molecule has 0 aliphatic rings. The van der Waals surface area contributed by atoms with Crippen molar-refractivity contribution < 1.29 is 19.1 Å². The van der Waals surface area contributed by atoms with Gasteiger partial charge in [-0.1, -0.05) is 74.9 Å². The van der Waals surface area contributed by atoms with Crippen LogP contribution in [0.25, 0.3) is 10.8 Å². The predicted octanol–water partition coefficient (Wildman–Crippen LogP) is 5.70. The van der Waals surface area contributed by atoms with Crippen LogP contribution in [0, 0.1) is 0 Å². The van der Waals surface area contributed by atoms with E-state index in [1.807, 2.05) is 23.1 Å². The van der Waals surface area contributed by atoms with Crippen LogP contribution in [0.5, 0.6) is 0 Å². The number of esters is 1. The van der Waals surface area contributed by atoms with Crippen LogP contribution in [0.15, 0.2) is 60.7 Å². The zero-order chi connectivity index (χ0) is 28.9. The molecule has 3 aromatic carbocycles. The van der Waals surface area contributed by atoms with Crippen LogP contribution >= 0.6 is 0 Å². The monoisotopic (exact) mass is 545 g/mol. The number of hydrogen-bond acceptors (Lipinski definition) is 5. The number of amides is 2. The minimum absolute atomic E-state index is 0.0153. The van der Waals surface area contributed by atoms with Crippen LogP contribution in [0.4, 0.5) is 5.69 Å². The summed E-state index contributed by atoms with van der Waals surface area (Å²) in [7, 11) is 0. The lowest BCUT2D eigenvalue weighted by Crippen LogP contribution is -2.44. The summed E-state index contributed by atoms with van der Waals surface area (Å²) in [6, 6.07) is 19.7. The Morgan fingerprint density at radius 2 is 1.55 bits per heavy atom. The molecule has 2 amide bonds. The van der Waals surface area contributed by atoms with E-state index in [9.17, 15) is 14.4 Å². The average molecular weight is 546 g/mol. The van der Waals surface area contributed by atoms with Gasteiger partial charge in [-0.25, -0.2) is 0 Å². The Bertz CT molecular complexity index is 1290. The molecule has 0 spiro atoms. The molecule has 0 radical (unpaired) electrons. The van der Waals surface area contributed by atoms with Crippen LogP contribution in [0.3, 0.4) is 0 Å². The molecule has 214 valence electrons. The van der Waals surface area contributed by atoms with Crippen molar-refractivity contribution in [3.63, 3.8) is 0 Å². The lowest BCUT2D eigenvalue weighted by Gasteiger charge is -2.32. The van der Waals surface area contributed by atoms with Gasteiger partial charge in [-0.15, -0.1) is 0 Å². The first-order valence-corrected chi connectivity index (χ1v) is 14.4. The first-order valence-electron chi connectivity index (χ1n) is 14.4. The molecule has 40 heavy (non-hydrogen) atoms. The Kier molecular flexibility index (Phi) is 12.0. The molecular weight excluding hydrogens is 502 g/mol. The van der Waals surface area contributed by atoms with Gasteiger partial charge in [0.25, 0.3) is 0 Å². The summed E-state index contributed by atoms with van der Waals surface area (Å²) >= 11 is 0. The molecule has 1 atom stereocenters. The van der Waals surface area contributed by atoms with E-state index in [-0.39, 0.29) is 37.4 Å².